The molecule has 0 heterocycles. The molecule has 0 aromatic heterocycles. The number of hydrogen-bond acceptors (Lipinski definition) is 2. The van der Waals surface area contributed by atoms with Crippen LogP contribution in [0.3, 0.4) is 0 Å². The lowest BCUT2D eigenvalue weighted by atomic mass is 9.89. The van der Waals surface area contributed by atoms with E-state index >= 15 is 0 Å². The molecular formula is C14H23NS. The molecule has 1 N–H and O–H groups in total. The fourth-order valence-corrected chi connectivity index (χ4v) is 2.28. The average Bonchev–Trinajstić information content (AvgIpc) is 2.29. The van der Waals surface area contributed by atoms with E-state index in [9.17, 15) is 0 Å². The maximum Gasteiger partial charge on any atom is 0.00693 e. The van der Waals surface area contributed by atoms with Crippen LogP contribution >= 0.6 is 11.8 Å². The van der Waals surface area contributed by atoms with E-state index in [1.165, 1.54) is 16.9 Å². The van der Waals surface area contributed by atoms with Gasteiger partial charge in [0.1, 0.15) is 0 Å². The van der Waals surface area contributed by atoms with Crippen molar-refractivity contribution >= 4 is 11.8 Å². The lowest BCUT2D eigenvalue weighted by molar-refractivity contribution is 0.370. The third kappa shape index (κ3) is 4.18. The van der Waals surface area contributed by atoms with Crippen molar-refractivity contribution in [1.82, 2.24) is 5.32 Å². The first-order valence-corrected chi connectivity index (χ1v) is 7.17. The summed E-state index contributed by atoms with van der Waals surface area (Å²) in [6.45, 7) is 5.71. The first kappa shape index (κ1) is 13.6. The number of hydrogen-bond donors (Lipinski definition) is 1. The molecular weight excluding hydrogens is 214 g/mol. The Morgan fingerprint density at radius 1 is 1.19 bits per heavy atom. The van der Waals surface area contributed by atoms with Gasteiger partial charge in [0.25, 0.3) is 0 Å². The summed E-state index contributed by atoms with van der Waals surface area (Å²) in [5.41, 5.74) is 1.45. The summed E-state index contributed by atoms with van der Waals surface area (Å²) < 4.78 is 0. The van der Waals surface area contributed by atoms with Gasteiger partial charge in [-0.3, -0.25) is 0 Å². The Morgan fingerprint density at radius 2 is 1.81 bits per heavy atom. The highest BCUT2D eigenvalue weighted by molar-refractivity contribution is 7.98. The normalized spacial score (nSPS) is 13.1. The average molecular weight is 237 g/mol. The van der Waals surface area contributed by atoms with E-state index in [4.69, 9.17) is 0 Å². The molecule has 1 unspecified atom stereocenters. The molecule has 2 heteroatoms. The number of benzene rings is 1. The first-order chi connectivity index (χ1) is 7.67. The maximum absolute atomic E-state index is 3.29. The van der Waals surface area contributed by atoms with Crippen molar-refractivity contribution in [2.24, 2.45) is 11.8 Å². The Morgan fingerprint density at radius 3 is 2.25 bits per heavy atom. The van der Waals surface area contributed by atoms with Crippen LogP contribution in [0.15, 0.2) is 29.2 Å². The highest BCUT2D eigenvalue weighted by atomic mass is 32.2. The van der Waals surface area contributed by atoms with Crippen LogP contribution in [-0.2, 0) is 6.42 Å². The minimum atomic E-state index is 0.727. The van der Waals surface area contributed by atoms with Gasteiger partial charge in [0.2, 0.25) is 0 Å². The second-order valence-corrected chi connectivity index (χ2v) is 5.49. The number of nitrogens with one attached hydrogen (secondary N) is 1. The predicted molar refractivity (Wildman–Crippen MR) is 74.2 cm³/mol. The zero-order valence-electron chi connectivity index (χ0n) is 10.8. The molecule has 0 fully saturated rings. The molecule has 0 saturated carbocycles. The molecule has 0 aliphatic rings. The maximum atomic E-state index is 3.29. The summed E-state index contributed by atoms with van der Waals surface area (Å²) >= 11 is 1.80. The Labute approximate surface area is 104 Å². The summed E-state index contributed by atoms with van der Waals surface area (Å²) in [5.74, 6) is 1.46. The van der Waals surface area contributed by atoms with E-state index in [0.29, 0.717) is 0 Å². The van der Waals surface area contributed by atoms with Gasteiger partial charge in [-0.25, -0.2) is 0 Å². The largest absolute Gasteiger partial charge is 0.319 e. The molecule has 0 saturated heterocycles. The van der Waals surface area contributed by atoms with Gasteiger partial charge in [0.15, 0.2) is 0 Å². The van der Waals surface area contributed by atoms with Gasteiger partial charge >= 0.3 is 0 Å². The summed E-state index contributed by atoms with van der Waals surface area (Å²) in [6, 6.07) is 8.96. The van der Waals surface area contributed by atoms with E-state index in [0.717, 1.165) is 18.4 Å². The van der Waals surface area contributed by atoms with Crippen molar-refractivity contribution in [3.8, 4) is 0 Å². The molecule has 0 aliphatic carbocycles. The molecule has 16 heavy (non-hydrogen) atoms. The molecule has 1 aromatic carbocycles. The van der Waals surface area contributed by atoms with Crippen LogP contribution < -0.4 is 5.32 Å². The zero-order valence-corrected chi connectivity index (χ0v) is 11.6. The monoisotopic (exact) mass is 237 g/mol. The van der Waals surface area contributed by atoms with Gasteiger partial charge in [-0.05, 0) is 55.8 Å². The van der Waals surface area contributed by atoms with Gasteiger partial charge in [-0.15, -0.1) is 11.8 Å². The molecule has 1 atom stereocenters. The van der Waals surface area contributed by atoms with Crippen molar-refractivity contribution < 1.29 is 0 Å². The molecule has 90 valence electrons. The Bertz CT molecular complexity index is 292. The zero-order chi connectivity index (χ0) is 12.0. The fraction of sp³-hybridized carbons (Fsp3) is 0.571. The standard InChI is InChI=1S/C14H23NS/c1-11(2)13(10-15-3)9-12-5-7-14(16-4)8-6-12/h5-8,11,13,15H,9-10H2,1-4H3. The molecule has 0 spiro atoms. The van der Waals surface area contributed by atoms with Crippen molar-refractivity contribution in [1.29, 1.82) is 0 Å². The van der Waals surface area contributed by atoms with Crippen molar-refractivity contribution in [2.75, 3.05) is 19.8 Å². The summed E-state index contributed by atoms with van der Waals surface area (Å²) in [5, 5.41) is 3.29. The topological polar surface area (TPSA) is 12.0 Å². The molecule has 0 radical (unpaired) electrons. The lowest BCUT2D eigenvalue weighted by Crippen LogP contribution is -2.25. The fourth-order valence-electron chi connectivity index (χ4n) is 1.87. The van der Waals surface area contributed by atoms with E-state index in [-0.39, 0.29) is 0 Å². The smallest absolute Gasteiger partial charge is 0.00693 e. The van der Waals surface area contributed by atoms with Crippen LogP contribution in [0, 0.1) is 11.8 Å². The molecule has 0 amide bonds. The van der Waals surface area contributed by atoms with Gasteiger partial charge in [0.05, 0.1) is 0 Å². The Hall–Kier alpha value is -0.470. The summed E-state index contributed by atoms with van der Waals surface area (Å²) in [7, 11) is 2.03. The minimum Gasteiger partial charge on any atom is -0.319 e. The molecule has 1 aromatic rings. The SMILES string of the molecule is CNCC(Cc1ccc(SC)cc1)C(C)C. The molecule has 1 nitrogen and oxygen atoms in total. The van der Waals surface area contributed by atoms with Crippen molar-refractivity contribution in [2.45, 2.75) is 25.2 Å². The quantitative estimate of drug-likeness (QED) is 0.761. The van der Waals surface area contributed by atoms with Crippen LogP contribution in [0.4, 0.5) is 0 Å². The van der Waals surface area contributed by atoms with Crippen LogP contribution in [0.2, 0.25) is 0 Å². The summed E-state index contributed by atoms with van der Waals surface area (Å²) in [6.07, 6.45) is 3.29. The first-order valence-electron chi connectivity index (χ1n) is 5.95. The second kappa shape index (κ2) is 6.97. The second-order valence-electron chi connectivity index (χ2n) is 4.61. The van der Waals surface area contributed by atoms with E-state index in [2.05, 4.69) is 49.7 Å². The molecule has 1 rings (SSSR count). The molecule has 0 bridgehead atoms. The predicted octanol–water partition coefficient (Wildman–Crippen LogP) is 3.44. The third-order valence-corrected chi connectivity index (χ3v) is 3.81. The van der Waals surface area contributed by atoms with Crippen LogP contribution in [0.1, 0.15) is 19.4 Å². The summed E-state index contributed by atoms with van der Waals surface area (Å²) in [4.78, 5) is 1.35. The van der Waals surface area contributed by atoms with Gasteiger partial charge in [-0.1, -0.05) is 26.0 Å². The van der Waals surface area contributed by atoms with Gasteiger partial charge in [-0.2, -0.15) is 0 Å². The van der Waals surface area contributed by atoms with Crippen LogP contribution in [0.25, 0.3) is 0 Å². The van der Waals surface area contributed by atoms with Crippen LogP contribution in [0.5, 0.6) is 0 Å². The number of thioether (sulfide) groups is 1. The number of rotatable bonds is 6. The van der Waals surface area contributed by atoms with Gasteiger partial charge < -0.3 is 5.32 Å². The van der Waals surface area contributed by atoms with E-state index in [1.807, 2.05) is 7.05 Å². The highest BCUT2D eigenvalue weighted by Gasteiger charge is 2.12. The Kier molecular flexibility index (Phi) is 5.93. The third-order valence-electron chi connectivity index (χ3n) is 3.07. The Balaban J connectivity index is 2.62. The van der Waals surface area contributed by atoms with Crippen LogP contribution in [-0.4, -0.2) is 19.8 Å². The van der Waals surface area contributed by atoms with Gasteiger partial charge in [0, 0.05) is 4.90 Å². The van der Waals surface area contributed by atoms with E-state index in [1.54, 1.807) is 11.8 Å². The van der Waals surface area contributed by atoms with Crippen molar-refractivity contribution in [3.05, 3.63) is 29.8 Å². The van der Waals surface area contributed by atoms with Crippen molar-refractivity contribution in [3.63, 3.8) is 0 Å². The lowest BCUT2D eigenvalue weighted by Gasteiger charge is -2.20. The minimum absolute atomic E-state index is 0.727. The molecule has 0 aliphatic heterocycles. The highest BCUT2D eigenvalue weighted by Crippen LogP contribution is 2.19. The van der Waals surface area contributed by atoms with E-state index < -0.39 is 0 Å².